The molecule has 14 heavy (non-hydrogen) atoms. The molecule has 0 radical (unpaired) electrons. The van der Waals surface area contributed by atoms with Gasteiger partial charge in [-0.05, 0) is 38.0 Å². The first-order valence-electron chi connectivity index (χ1n) is 5.39. The number of ether oxygens (including phenoxy) is 1. The minimum Gasteiger partial charge on any atom is -0.479 e. The average Bonchev–Trinajstić information content (AvgIpc) is 2.11. The van der Waals surface area contributed by atoms with Crippen molar-refractivity contribution < 1.29 is 14.6 Å². The number of carboxylic acids is 1. The highest BCUT2D eigenvalue weighted by Crippen LogP contribution is 2.31. The van der Waals surface area contributed by atoms with E-state index in [0.29, 0.717) is 5.92 Å². The Morgan fingerprint density at radius 3 is 2.50 bits per heavy atom. The molecule has 1 aliphatic carbocycles. The van der Waals surface area contributed by atoms with Crippen LogP contribution in [0.5, 0.6) is 0 Å². The first-order chi connectivity index (χ1) is 6.50. The van der Waals surface area contributed by atoms with E-state index in [9.17, 15) is 4.79 Å². The van der Waals surface area contributed by atoms with Gasteiger partial charge in [-0.25, -0.2) is 4.79 Å². The third kappa shape index (κ3) is 2.98. The molecule has 4 atom stereocenters. The molecule has 0 aliphatic heterocycles. The smallest absolute Gasteiger partial charge is 0.332 e. The zero-order valence-electron chi connectivity index (χ0n) is 9.19. The molecule has 1 aliphatic rings. The van der Waals surface area contributed by atoms with E-state index < -0.39 is 12.1 Å². The van der Waals surface area contributed by atoms with Crippen LogP contribution in [0.4, 0.5) is 0 Å². The van der Waals surface area contributed by atoms with Crippen molar-refractivity contribution in [1.82, 2.24) is 0 Å². The van der Waals surface area contributed by atoms with Gasteiger partial charge in [-0.2, -0.15) is 0 Å². The van der Waals surface area contributed by atoms with Crippen molar-refractivity contribution >= 4 is 5.97 Å². The molecule has 1 fully saturated rings. The molecule has 82 valence electrons. The Morgan fingerprint density at radius 2 is 2.00 bits per heavy atom. The monoisotopic (exact) mass is 200 g/mol. The fourth-order valence-electron chi connectivity index (χ4n) is 1.97. The summed E-state index contributed by atoms with van der Waals surface area (Å²) in [6.07, 6.45) is 2.63. The van der Waals surface area contributed by atoms with E-state index in [2.05, 4.69) is 13.8 Å². The van der Waals surface area contributed by atoms with Gasteiger partial charge in [0.05, 0.1) is 6.10 Å². The van der Waals surface area contributed by atoms with Gasteiger partial charge in [-0.1, -0.05) is 13.8 Å². The van der Waals surface area contributed by atoms with Crippen molar-refractivity contribution in [1.29, 1.82) is 0 Å². The second kappa shape index (κ2) is 4.78. The SMILES string of the molecule is CC1CCC(O[C@@H](C)C(=O)O)CC1C. The lowest BCUT2D eigenvalue weighted by Crippen LogP contribution is -2.32. The van der Waals surface area contributed by atoms with Crippen LogP contribution in [0.2, 0.25) is 0 Å². The molecule has 3 nitrogen and oxygen atoms in total. The van der Waals surface area contributed by atoms with E-state index in [1.165, 1.54) is 0 Å². The lowest BCUT2D eigenvalue weighted by atomic mass is 9.80. The van der Waals surface area contributed by atoms with Crippen molar-refractivity contribution in [2.45, 2.75) is 52.2 Å². The van der Waals surface area contributed by atoms with Gasteiger partial charge in [-0.3, -0.25) is 0 Å². The van der Waals surface area contributed by atoms with Gasteiger partial charge < -0.3 is 9.84 Å². The van der Waals surface area contributed by atoms with Gasteiger partial charge in [0.25, 0.3) is 0 Å². The predicted octanol–water partition coefficient (Wildman–Crippen LogP) is 2.30. The Kier molecular flexibility index (Phi) is 3.93. The molecular formula is C11H20O3. The van der Waals surface area contributed by atoms with Gasteiger partial charge in [0, 0.05) is 0 Å². The molecule has 3 unspecified atom stereocenters. The average molecular weight is 200 g/mol. The van der Waals surface area contributed by atoms with Crippen LogP contribution >= 0.6 is 0 Å². The first kappa shape index (κ1) is 11.5. The largest absolute Gasteiger partial charge is 0.479 e. The van der Waals surface area contributed by atoms with Gasteiger partial charge in [0.2, 0.25) is 0 Å². The standard InChI is InChI=1S/C11H20O3/c1-7-4-5-10(6-8(7)2)14-9(3)11(12)13/h7-10H,4-6H2,1-3H3,(H,12,13)/t7?,8?,9-,10?/m0/s1. The Bertz CT molecular complexity index is 203. The van der Waals surface area contributed by atoms with Crippen molar-refractivity contribution in [3.8, 4) is 0 Å². The number of carbonyl (C=O) groups is 1. The molecular weight excluding hydrogens is 180 g/mol. The lowest BCUT2D eigenvalue weighted by Gasteiger charge is -2.32. The molecule has 3 heteroatoms. The minimum atomic E-state index is -0.865. The number of aliphatic carboxylic acids is 1. The summed E-state index contributed by atoms with van der Waals surface area (Å²) < 4.78 is 5.47. The maximum Gasteiger partial charge on any atom is 0.332 e. The third-order valence-corrected chi connectivity index (χ3v) is 3.29. The fraction of sp³-hybridized carbons (Fsp3) is 0.909. The highest BCUT2D eigenvalue weighted by Gasteiger charge is 2.27. The fourth-order valence-corrected chi connectivity index (χ4v) is 1.97. The van der Waals surface area contributed by atoms with Crippen molar-refractivity contribution in [3.63, 3.8) is 0 Å². The summed E-state index contributed by atoms with van der Waals surface area (Å²) in [4.78, 5) is 10.6. The summed E-state index contributed by atoms with van der Waals surface area (Å²) in [5, 5.41) is 8.71. The molecule has 1 N–H and O–H groups in total. The molecule has 0 aromatic heterocycles. The van der Waals surface area contributed by atoms with Crippen LogP contribution in [-0.4, -0.2) is 23.3 Å². The van der Waals surface area contributed by atoms with Crippen LogP contribution in [0.3, 0.4) is 0 Å². The predicted molar refractivity (Wildman–Crippen MR) is 54.1 cm³/mol. The van der Waals surface area contributed by atoms with E-state index in [0.717, 1.165) is 25.2 Å². The van der Waals surface area contributed by atoms with Crippen LogP contribution in [0.25, 0.3) is 0 Å². The Hall–Kier alpha value is -0.570. The van der Waals surface area contributed by atoms with E-state index >= 15 is 0 Å². The summed E-state index contributed by atoms with van der Waals surface area (Å²) in [5.74, 6) is 0.529. The summed E-state index contributed by atoms with van der Waals surface area (Å²) in [6.45, 7) is 6.07. The second-order valence-corrected chi connectivity index (χ2v) is 4.51. The molecule has 0 spiro atoms. The summed E-state index contributed by atoms with van der Waals surface area (Å²) >= 11 is 0. The molecule has 1 rings (SSSR count). The topological polar surface area (TPSA) is 46.5 Å². The van der Waals surface area contributed by atoms with E-state index in [1.54, 1.807) is 6.92 Å². The maximum absolute atomic E-state index is 10.6. The second-order valence-electron chi connectivity index (χ2n) is 4.51. The minimum absolute atomic E-state index is 0.146. The maximum atomic E-state index is 10.6. The lowest BCUT2D eigenvalue weighted by molar-refractivity contribution is -0.154. The molecule has 0 aromatic rings. The van der Waals surface area contributed by atoms with Crippen LogP contribution in [0, 0.1) is 11.8 Å². The molecule has 0 bridgehead atoms. The Balaban J connectivity index is 2.36. The number of hydrogen-bond acceptors (Lipinski definition) is 2. The molecule has 0 heterocycles. The van der Waals surface area contributed by atoms with E-state index in [4.69, 9.17) is 9.84 Å². The van der Waals surface area contributed by atoms with E-state index in [-0.39, 0.29) is 6.10 Å². The number of hydrogen-bond donors (Lipinski definition) is 1. The zero-order valence-corrected chi connectivity index (χ0v) is 9.19. The molecule has 0 amide bonds. The van der Waals surface area contributed by atoms with Crippen molar-refractivity contribution in [3.05, 3.63) is 0 Å². The first-order valence-corrected chi connectivity index (χ1v) is 5.39. The zero-order chi connectivity index (χ0) is 10.7. The van der Waals surface area contributed by atoms with Gasteiger partial charge >= 0.3 is 5.97 Å². The van der Waals surface area contributed by atoms with Crippen LogP contribution in [0.15, 0.2) is 0 Å². The highest BCUT2D eigenvalue weighted by atomic mass is 16.5. The number of carboxylic acid groups (broad SMARTS) is 1. The number of rotatable bonds is 3. The molecule has 0 saturated heterocycles. The van der Waals surface area contributed by atoms with Crippen LogP contribution in [0.1, 0.15) is 40.0 Å². The van der Waals surface area contributed by atoms with Crippen LogP contribution < -0.4 is 0 Å². The summed E-state index contributed by atoms with van der Waals surface area (Å²) in [5.41, 5.74) is 0. The summed E-state index contributed by atoms with van der Waals surface area (Å²) in [6, 6.07) is 0. The van der Waals surface area contributed by atoms with Crippen molar-refractivity contribution in [2.24, 2.45) is 11.8 Å². The van der Waals surface area contributed by atoms with Crippen molar-refractivity contribution in [2.75, 3.05) is 0 Å². The Morgan fingerprint density at radius 1 is 1.36 bits per heavy atom. The Labute approximate surface area is 85.5 Å². The van der Waals surface area contributed by atoms with E-state index in [1.807, 2.05) is 0 Å². The highest BCUT2D eigenvalue weighted by molar-refractivity contribution is 5.71. The quantitative estimate of drug-likeness (QED) is 0.760. The molecule has 0 aromatic carbocycles. The van der Waals surface area contributed by atoms with Gasteiger partial charge in [-0.15, -0.1) is 0 Å². The third-order valence-electron chi connectivity index (χ3n) is 3.29. The normalized spacial score (nSPS) is 35.2. The van der Waals surface area contributed by atoms with Crippen LogP contribution in [-0.2, 0) is 9.53 Å². The van der Waals surface area contributed by atoms with Gasteiger partial charge in [0.1, 0.15) is 0 Å². The molecule has 1 saturated carbocycles. The van der Waals surface area contributed by atoms with Gasteiger partial charge in [0.15, 0.2) is 6.10 Å². The summed E-state index contributed by atoms with van der Waals surface area (Å²) in [7, 11) is 0.